The molecule has 1 rings (SSSR count). The van der Waals surface area contributed by atoms with Gasteiger partial charge in [-0.3, -0.25) is 24.0 Å². The number of nitrogens with zero attached hydrogens (tertiary/aromatic N) is 2. The number of esters is 5. The lowest BCUT2D eigenvalue weighted by Crippen LogP contribution is -2.23. The van der Waals surface area contributed by atoms with E-state index in [-0.39, 0.29) is 35.8 Å². The second kappa shape index (κ2) is 80.7. The van der Waals surface area contributed by atoms with Crippen molar-refractivity contribution in [2.24, 2.45) is 47.3 Å². The van der Waals surface area contributed by atoms with Crippen molar-refractivity contribution in [2.45, 2.75) is 492 Å². The molecule has 1 fully saturated rings. The van der Waals surface area contributed by atoms with E-state index in [0.717, 1.165) is 179 Å². The predicted molar refractivity (Wildman–Crippen MR) is 477 cm³/mol. The first-order valence-electron chi connectivity index (χ1n) is 49.9. The van der Waals surface area contributed by atoms with Gasteiger partial charge in [0.25, 0.3) is 0 Å². The molecule has 0 radical (unpaired) electrons. The van der Waals surface area contributed by atoms with Crippen LogP contribution in [0.1, 0.15) is 492 Å². The van der Waals surface area contributed by atoms with Crippen LogP contribution in [-0.2, 0) is 47.7 Å². The molecule has 1 saturated heterocycles. The Bertz CT molecular complexity index is 2050. The molecule has 112 heavy (non-hydrogen) atoms. The summed E-state index contributed by atoms with van der Waals surface area (Å²) < 4.78 is 29.3. The van der Waals surface area contributed by atoms with Gasteiger partial charge in [0, 0.05) is 32.2 Å². The molecule has 0 aliphatic carbocycles. The van der Waals surface area contributed by atoms with Crippen molar-refractivity contribution < 1.29 is 47.7 Å². The van der Waals surface area contributed by atoms with Crippen LogP contribution in [0.2, 0.25) is 0 Å². The first-order chi connectivity index (χ1) is 54.7. The van der Waals surface area contributed by atoms with Crippen LogP contribution in [-0.4, -0.2) is 113 Å². The highest BCUT2D eigenvalue weighted by Gasteiger charge is 2.26. The Labute approximate surface area is 696 Å². The molecule has 0 aromatic heterocycles. The van der Waals surface area contributed by atoms with Gasteiger partial charge in [-0.25, -0.2) is 0 Å². The van der Waals surface area contributed by atoms with Gasteiger partial charge in [0.15, 0.2) is 0 Å². The van der Waals surface area contributed by atoms with Gasteiger partial charge in [-0.2, -0.15) is 0 Å². The lowest BCUT2D eigenvalue weighted by molar-refractivity contribution is -0.149. The van der Waals surface area contributed by atoms with Crippen molar-refractivity contribution in [3.8, 4) is 0 Å². The molecule has 0 N–H and O–H groups in total. The molecule has 0 aromatic carbocycles. The van der Waals surface area contributed by atoms with Crippen LogP contribution < -0.4 is 0 Å². The summed E-state index contributed by atoms with van der Waals surface area (Å²) in [6.07, 6.45) is 77.4. The van der Waals surface area contributed by atoms with Crippen LogP contribution in [0.5, 0.6) is 0 Å². The van der Waals surface area contributed by atoms with Crippen LogP contribution >= 0.6 is 0 Å². The minimum atomic E-state index is -0.0258. The maximum absolute atomic E-state index is 13.5. The molecule has 6 unspecified atom stereocenters. The van der Waals surface area contributed by atoms with Gasteiger partial charge in [0.1, 0.15) is 0 Å². The molecule has 1 aliphatic heterocycles. The van der Waals surface area contributed by atoms with E-state index in [0.29, 0.717) is 94.2 Å². The third kappa shape index (κ3) is 68.2. The normalized spacial score (nSPS) is 14.3. The van der Waals surface area contributed by atoms with Gasteiger partial charge < -0.3 is 33.5 Å². The highest BCUT2D eigenvalue weighted by Crippen LogP contribution is 2.35. The fourth-order valence-electron chi connectivity index (χ4n) is 17.8. The average molecular weight is 1580 g/mol. The topological polar surface area (TPSA) is 138 Å². The largest absolute Gasteiger partial charge is 0.466 e. The van der Waals surface area contributed by atoms with Crippen LogP contribution in [0.25, 0.3) is 0 Å². The summed E-state index contributed by atoms with van der Waals surface area (Å²) in [6.45, 7) is 25.6. The van der Waals surface area contributed by atoms with E-state index in [4.69, 9.17) is 23.7 Å². The van der Waals surface area contributed by atoms with E-state index in [1.165, 1.54) is 264 Å². The molecule has 12 heteroatoms. The molecule has 0 aromatic rings. The Balaban J connectivity index is 2.46. The Morgan fingerprint density at radius 3 is 0.911 bits per heavy atom. The maximum atomic E-state index is 13.5. The van der Waals surface area contributed by atoms with Crippen molar-refractivity contribution in [1.82, 2.24) is 9.80 Å². The zero-order valence-electron chi connectivity index (χ0n) is 76.5. The molecule has 1 heterocycles. The Morgan fingerprint density at radius 2 is 0.571 bits per heavy atom. The number of likely N-dealkylation sites (tertiary alicyclic amines) is 1. The van der Waals surface area contributed by atoms with Gasteiger partial charge in [0.2, 0.25) is 0 Å². The van der Waals surface area contributed by atoms with Gasteiger partial charge in [-0.1, -0.05) is 351 Å². The quantitative estimate of drug-likeness (QED) is 0.0325. The Hall–Kier alpha value is -2.73. The van der Waals surface area contributed by atoms with E-state index in [1.807, 2.05) is 0 Å². The lowest BCUT2D eigenvalue weighted by atomic mass is 9.77. The monoisotopic (exact) mass is 1580 g/mol. The van der Waals surface area contributed by atoms with Crippen molar-refractivity contribution >= 4 is 29.8 Å². The van der Waals surface area contributed by atoms with Gasteiger partial charge in [-0.05, 0) is 191 Å². The molecule has 12 nitrogen and oxygen atoms in total. The molecular weight excluding hydrogens is 1390 g/mol. The number of rotatable bonds is 87. The smallest absolute Gasteiger partial charge is 0.308 e. The van der Waals surface area contributed by atoms with Crippen LogP contribution in [0.4, 0.5) is 0 Å². The summed E-state index contributed by atoms with van der Waals surface area (Å²) in [5.41, 5.74) is 0. The van der Waals surface area contributed by atoms with Crippen LogP contribution in [0, 0.1) is 47.3 Å². The molecule has 1 aliphatic rings. The van der Waals surface area contributed by atoms with Gasteiger partial charge >= 0.3 is 29.8 Å². The first kappa shape index (κ1) is 107. The summed E-state index contributed by atoms with van der Waals surface area (Å²) >= 11 is 0. The third-order valence-corrected chi connectivity index (χ3v) is 25.3. The summed E-state index contributed by atoms with van der Waals surface area (Å²) in [4.78, 5) is 70.6. The highest BCUT2D eigenvalue weighted by molar-refractivity contribution is 5.72. The summed E-state index contributed by atoms with van der Waals surface area (Å²) in [7, 11) is 4.42. The van der Waals surface area contributed by atoms with Gasteiger partial charge in [0.05, 0.1) is 39.0 Å². The van der Waals surface area contributed by atoms with Crippen molar-refractivity contribution in [1.29, 1.82) is 0 Å². The number of ether oxygens (including phenoxy) is 5. The van der Waals surface area contributed by atoms with Crippen molar-refractivity contribution in [3.63, 3.8) is 0 Å². The number of hydrogen-bond donors (Lipinski definition) is 0. The van der Waals surface area contributed by atoms with E-state index in [2.05, 4.69) is 79.3 Å². The number of unbranched alkanes of at least 4 members (excludes halogenated alkanes) is 34. The minimum Gasteiger partial charge on any atom is -0.466 e. The molecule has 6 atom stereocenters. The SMILES string of the molecule is CCCCCC(CCCCC)CC(=O)OCCCCCCCCCC(CCCCCCCCCOC(=O)CC(CCCCC)CCCC(C)C(CCC)CC(CCCCC)CC(=O)OCCCCCCCCC(CCCCCCCCOC(=O)CC(CCCCC)CCCCC)C(=O)OCCCN1CCCC1)CCN(C)C. The summed E-state index contributed by atoms with van der Waals surface area (Å²) in [5, 5.41) is 0. The number of carbonyl (C=O) groups excluding carboxylic acids is 5. The van der Waals surface area contributed by atoms with E-state index < -0.39 is 0 Å². The summed E-state index contributed by atoms with van der Waals surface area (Å²) in [5.74, 6) is 3.72. The van der Waals surface area contributed by atoms with Gasteiger partial charge in [-0.15, -0.1) is 0 Å². The zero-order valence-corrected chi connectivity index (χ0v) is 76.5. The Morgan fingerprint density at radius 1 is 0.286 bits per heavy atom. The highest BCUT2D eigenvalue weighted by atomic mass is 16.5. The van der Waals surface area contributed by atoms with E-state index in [1.54, 1.807) is 0 Å². The van der Waals surface area contributed by atoms with Crippen LogP contribution in [0.3, 0.4) is 0 Å². The number of carbonyl (C=O) groups is 5. The summed E-state index contributed by atoms with van der Waals surface area (Å²) in [6, 6.07) is 0. The standard InChI is InChI=1S/C100H192N2O10/c1-11-18-42-64-90(65-43-19-12-2)84-96(103)108-78-54-38-30-24-26-34-48-62-89(73-77-101(9)10)63-49-35-27-25-31-39-55-79-110-98(105)86-92(68-46-22-15-5)70-58-61-88(8)95(60-17-7)83-93(69-47-23-16-6)87-99(106)111-81-57-41-33-29-37-51-72-94(100(107)112-82-59-76-102-74-52-53-75-102)71-50-36-28-32-40-56-80-109-97(104)85-91(66-44-20-13-3)67-45-21-14-4/h88-95H,11-87H2,1-10H3. The minimum absolute atomic E-state index is 0.00579. The first-order valence-corrected chi connectivity index (χ1v) is 49.9. The molecule has 662 valence electrons. The zero-order chi connectivity index (χ0) is 81.6. The van der Waals surface area contributed by atoms with Crippen molar-refractivity contribution in [2.75, 3.05) is 73.3 Å². The third-order valence-electron chi connectivity index (χ3n) is 25.3. The molecule has 0 spiro atoms. The molecule has 0 saturated carbocycles. The van der Waals surface area contributed by atoms with E-state index in [9.17, 15) is 24.0 Å². The van der Waals surface area contributed by atoms with Crippen LogP contribution in [0.15, 0.2) is 0 Å². The number of hydrogen-bond acceptors (Lipinski definition) is 12. The second-order valence-electron chi connectivity index (χ2n) is 36.4. The lowest BCUT2D eigenvalue weighted by Gasteiger charge is -2.28. The fourth-order valence-corrected chi connectivity index (χ4v) is 17.8. The van der Waals surface area contributed by atoms with Crippen molar-refractivity contribution in [3.05, 3.63) is 0 Å². The molecule has 0 amide bonds. The second-order valence-corrected chi connectivity index (χ2v) is 36.4. The fraction of sp³-hybridized carbons (Fsp3) is 0.950. The molecule has 0 bridgehead atoms. The van der Waals surface area contributed by atoms with E-state index >= 15 is 0 Å². The predicted octanol–water partition coefficient (Wildman–Crippen LogP) is 29.2. The maximum Gasteiger partial charge on any atom is 0.308 e. The average Bonchev–Trinajstić information content (AvgIpc) is 1.30. The molecular formula is C100H192N2O10. The Kier molecular flexibility index (Phi) is 77.3.